The van der Waals surface area contributed by atoms with Gasteiger partial charge in [-0.15, -0.1) is 0 Å². The number of aliphatic hydroxyl groups excluding tert-OH is 1. The van der Waals surface area contributed by atoms with Gasteiger partial charge in [0.15, 0.2) is 0 Å². The molecule has 1 heterocycles. The normalized spacial score (nSPS) is 12.4. The third-order valence-electron chi connectivity index (χ3n) is 4.97. The Morgan fingerprint density at radius 2 is 1.93 bits per heavy atom. The highest BCUT2D eigenvalue weighted by atomic mass is 35.5. The molecule has 0 aliphatic rings. The predicted molar refractivity (Wildman–Crippen MR) is 119 cm³/mol. The number of rotatable bonds is 10. The van der Waals surface area contributed by atoms with E-state index in [0.29, 0.717) is 28.3 Å². The van der Waals surface area contributed by atoms with Crippen LogP contribution in [-0.2, 0) is 13.1 Å². The van der Waals surface area contributed by atoms with Crippen molar-refractivity contribution < 1.29 is 14.4 Å². The Labute approximate surface area is 181 Å². The maximum atomic E-state index is 10.6. The fourth-order valence-corrected chi connectivity index (χ4v) is 3.94. The molecule has 156 valence electrons. The number of unbranched alkanes of at least 4 members (excludes halogenated alkanes) is 3. The number of fused-ring (bicyclic) bond motifs is 1. The molecule has 3 rings (SSSR count). The summed E-state index contributed by atoms with van der Waals surface area (Å²) >= 11 is 12.0. The van der Waals surface area contributed by atoms with Gasteiger partial charge in [0.2, 0.25) is 0 Å². The van der Waals surface area contributed by atoms with Crippen LogP contribution < -0.4 is 15.0 Å². The van der Waals surface area contributed by atoms with E-state index in [1.165, 1.54) is 19.3 Å². The maximum absolute atomic E-state index is 10.6. The van der Waals surface area contributed by atoms with Gasteiger partial charge < -0.3 is 9.84 Å². The van der Waals surface area contributed by atoms with Crippen molar-refractivity contribution in [3.8, 4) is 5.75 Å². The summed E-state index contributed by atoms with van der Waals surface area (Å²) in [6, 6.07) is 13.1. The molecule has 0 saturated heterocycles. The van der Waals surface area contributed by atoms with E-state index in [0.717, 1.165) is 24.0 Å². The van der Waals surface area contributed by atoms with E-state index in [9.17, 15) is 5.11 Å². The fourth-order valence-electron chi connectivity index (χ4n) is 3.48. The number of halogens is 2. The zero-order valence-corrected chi connectivity index (χ0v) is 18.2. The molecule has 7 heteroatoms. The highest BCUT2D eigenvalue weighted by Gasteiger charge is 2.23. The van der Waals surface area contributed by atoms with Crippen molar-refractivity contribution in [1.29, 1.82) is 0 Å². The average Bonchev–Trinajstić information content (AvgIpc) is 2.96. The first-order chi connectivity index (χ1) is 14.0. The Morgan fingerprint density at radius 3 is 2.69 bits per heavy atom. The number of nitrogens with two attached hydrogens (primary N) is 1. The number of benzene rings is 2. The first-order valence-corrected chi connectivity index (χ1v) is 10.8. The molecule has 0 radical (unpaired) electrons. The van der Waals surface area contributed by atoms with E-state index in [1.54, 1.807) is 18.2 Å². The number of nitrogen functional groups attached to an aromatic ring is 1. The van der Waals surface area contributed by atoms with Gasteiger partial charge in [0, 0.05) is 5.02 Å². The van der Waals surface area contributed by atoms with Crippen LogP contribution in [0.1, 0.15) is 32.6 Å². The van der Waals surface area contributed by atoms with Gasteiger partial charge >= 0.3 is 5.95 Å². The van der Waals surface area contributed by atoms with Gasteiger partial charge in [-0.3, -0.25) is 5.73 Å². The molecule has 0 spiro atoms. The molecule has 0 aliphatic carbocycles. The van der Waals surface area contributed by atoms with Gasteiger partial charge in [0.05, 0.1) is 11.6 Å². The molecular weight excluding hydrogens is 409 g/mol. The number of aromatic nitrogens is 2. The lowest BCUT2D eigenvalue weighted by molar-refractivity contribution is -0.665. The maximum Gasteiger partial charge on any atom is 0.356 e. The zero-order valence-electron chi connectivity index (χ0n) is 16.7. The number of nitrogens with zero attached hydrogens (tertiary/aromatic N) is 2. The highest BCUT2D eigenvalue weighted by Crippen LogP contribution is 2.27. The topological polar surface area (TPSA) is 64.3 Å². The van der Waals surface area contributed by atoms with Crippen LogP contribution in [-0.4, -0.2) is 22.4 Å². The molecule has 1 atom stereocenters. The smallest absolute Gasteiger partial charge is 0.356 e. The van der Waals surface area contributed by atoms with Crippen LogP contribution in [0.5, 0.6) is 5.75 Å². The van der Waals surface area contributed by atoms with Crippen LogP contribution in [0, 0.1) is 0 Å². The van der Waals surface area contributed by atoms with Crippen molar-refractivity contribution in [2.24, 2.45) is 0 Å². The van der Waals surface area contributed by atoms with Crippen molar-refractivity contribution in [3.63, 3.8) is 0 Å². The molecule has 0 unspecified atom stereocenters. The lowest BCUT2D eigenvalue weighted by Crippen LogP contribution is -2.43. The summed E-state index contributed by atoms with van der Waals surface area (Å²) in [6.45, 7) is 3.50. The zero-order chi connectivity index (χ0) is 20.8. The molecule has 0 aliphatic heterocycles. The number of para-hydroxylation sites is 2. The number of anilines is 1. The van der Waals surface area contributed by atoms with Gasteiger partial charge in [0.25, 0.3) is 0 Å². The minimum atomic E-state index is -0.742. The first-order valence-electron chi connectivity index (χ1n) is 10.0. The Balaban J connectivity index is 1.72. The van der Waals surface area contributed by atoms with Crippen LogP contribution in [0.4, 0.5) is 5.95 Å². The standard InChI is InChI=1S/C22H27Cl2N3O2/c1-2-3-4-7-12-26-19-8-5-6-9-20(19)27(22(26)25)14-17(28)15-29-21-11-10-16(23)13-18(21)24/h5-6,8-11,13,17,25,28H,2-4,7,12,14-15H2,1H3/p+1/t17-/m1/s1. The summed E-state index contributed by atoms with van der Waals surface area (Å²) in [5, 5.41) is 11.5. The summed E-state index contributed by atoms with van der Waals surface area (Å²) in [5.41, 5.74) is 8.55. The number of aliphatic hydroxyl groups is 1. The molecule has 0 amide bonds. The molecule has 0 saturated carbocycles. The molecule has 3 N–H and O–H groups in total. The van der Waals surface area contributed by atoms with Crippen molar-refractivity contribution in [3.05, 3.63) is 52.5 Å². The quantitative estimate of drug-likeness (QED) is 0.353. The molecule has 5 nitrogen and oxygen atoms in total. The monoisotopic (exact) mass is 436 g/mol. The van der Waals surface area contributed by atoms with Crippen molar-refractivity contribution in [2.45, 2.75) is 51.8 Å². The molecular formula is C22H28Cl2N3O2+. The first kappa shape index (κ1) is 21.8. The summed E-state index contributed by atoms with van der Waals surface area (Å²) in [7, 11) is 0. The minimum Gasteiger partial charge on any atom is -0.489 e. The fraction of sp³-hybridized carbons (Fsp3) is 0.409. The Hall–Kier alpha value is -1.95. The second-order valence-corrected chi connectivity index (χ2v) is 8.05. The lowest BCUT2D eigenvalue weighted by atomic mass is 10.2. The van der Waals surface area contributed by atoms with E-state index in [4.69, 9.17) is 33.7 Å². The van der Waals surface area contributed by atoms with E-state index in [2.05, 4.69) is 17.6 Å². The predicted octanol–water partition coefficient (Wildman–Crippen LogP) is 4.84. The summed E-state index contributed by atoms with van der Waals surface area (Å²) < 4.78 is 9.76. The van der Waals surface area contributed by atoms with Crippen molar-refractivity contribution in [2.75, 3.05) is 12.3 Å². The minimum absolute atomic E-state index is 0.101. The molecule has 2 aromatic carbocycles. The molecule has 0 fully saturated rings. The third kappa shape index (κ3) is 5.35. The second kappa shape index (κ2) is 10.2. The summed E-state index contributed by atoms with van der Waals surface area (Å²) in [6.07, 6.45) is 3.94. The SMILES string of the molecule is CCCCCCn1c(N)[n+](C[C@@H](O)COc2ccc(Cl)cc2Cl)c2ccccc21. The van der Waals surface area contributed by atoms with E-state index >= 15 is 0 Å². The van der Waals surface area contributed by atoms with Gasteiger partial charge in [-0.25, -0.2) is 9.13 Å². The van der Waals surface area contributed by atoms with Crippen molar-refractivity contribution >= 4 is 40.2 Å². The lowest BCUT2D eigenvalue weighted by Gasteiger charge is -2.13. The third-order valence-corrected chi connectivity index (χ3v) is 5.50. The Morgan fingerprint density at radius 1 is 1.14 bits per heavy atom. The highest BCUT2D eigenvalue weighted by molar-refractivity contribution is 6.35. The van der Waals surface area contributed by atoms with Gasteiger partial charge in [-0.05, 0) is 36.8 Å². The largest absolute Gasteiger partial charge is 0.489 e. The number of hydrogen-bond donors (Lipinski definition) is 2. The molecule has 1 aromatic heterocycles. The van der Waals surface area contributed by atoms with Crippen LogP contribution in [0.2, 0.25) is 10.0 Å². The Bertz CT molecular complexity index is 959. The van der Waals surface area contributed by atoms with E-state index < -0.39 is 6.10 Å². The van der Waals surface area contributed by atoms with E-state index in [-0.39, 0.29) is 6.61 Å². The molecule has 0 bridgehead atoms. The second-order valence-electron chi connectivity index (χ2n) is 7.21. The summed E-state index contributed by atoms with van der Waals surface area (Å²) in [4.78, 5) is 0. The number of aryl methyl sites for hydroxylation is 1. The van der Waals surface area contributed by atoms with Gasteiger partial charge in [-0.2, -0.15) is 0 Å². The number of hydrogen-bond acceptors (Lipinski definition) is 3. The number of ether oxygens (including phenoxy) is 1. The number of imidazole rings is 1. The van der Waals surface area contributed by atoms with Crippen LogP contribution in [0.15, 0.2) is 42.5 Å². The Kier molecular flexibility index (Phi) is 7.64. The average molecular weight is 437 g/mol. The molecule has 3 aromatic rings. The van der Waals surface area contributed by atoms with Gasteiger partial charge in [-0.1, -0.05) is 61.5 Å². The van der Waals surface area contributed by atoms with Crippen LogP contribution >= 0.6 is 23.2 Å². The molecule has 29 heavy (non-hydrogen) atoms. The summed E-state index contributed by atoms with van der Waals surface area (Å²) in [5.74, 6) is 1.14. The van der Waals surface area contributed by atoms with Crippen LogP contribution in [0.3, 0.4) is 0 Å². The van der Waals surface area contributed by atoms with E-state index in [1.807, 2.05) is 22.8 Å². The van der Waals surface area contributed by atoms with Gasteiger partial charge in [0.1, 0.15) is 36.0 Å². The van der Waals surface area contributed by atoms with Crippen molar-refractivity contribution in [1.82, 2.24) is 4.57 Å². The van der Waals surface area contributed by atoms with Crippen LogP contribution in [0.25, 0.3) is 11.0 Å².